The molecule has 0 aromatic carbocycles. The van der Waals surface area contributed by atoms with Crippen LogP contribution in [0.2, 0.25) is 0 Å². The molecule has 0 aliphatic rings. The third-order valence-corrected chi connectivity index (χ3v) is 2.70. The first-order valence-electron chi connectivity index (χ1n) is 6.19. The Morgan fingerprint density at radius 1 is 1.06 bits per heavy atom. The van der Waals surface area contributed by atoms with Gasteiger partial charge in [-0.1, -0.05) is 27.7 Å². The first-order valence-corrected chi connectivity index (χ1v) is 6.19. The summed E-state index contributed by atoms with van der Waals surface area (Å²) in [5, 5.41) is 5.85. The van der Waals surface area contributed by atoms with Crippen LogP contribution in [-0.4, -0.2) is 18.1 Å². The lowest BCUT2D eigenvalue weighted by Crippen LogP contribution is -2.48. The average molecular weight is 228 g/mol. The van der Waals surface area contributed by atoms with Gasteiger partial charge in [-0.3, -0.25) is 0 Å². The minimum Gasteiger partial charge on any atom is -0.338 e. The summed E-state index contributed by atoms with van der Waals surface area (Å²) < 4.78 is 0. The predicted molar refractivity (Wildman–Crippen MR) is 69.5 cm³/mol. The van der Waals surface area contributed by atoms with Crippen molar-refractivity contribution in [2.24, 2.45) is 17.8 Å². The van der Waals surface area contributed by atoms with Gasteiger partial charge in [0.25, 0.3) is 0 Å². The van der Waals surface area contributed by atoms with Gasteiger partial charge in [-0.15, -0.1) is 0 Å². The highest BCUT2D eigenvalue weighted by atomic mass is 16.2. The van der Waals surface area contributed by atoms with Gasteiger partial charge in [0.2, 0.25) is 0 Å². The van der Waals surface area contributed by atoms with Crippen molar-refractivity contribution in [3.05, 3.63) is 0 Å². The topological polar surface area (TPSA) is 41.1 Å². The highest BCUT2D eigenvalue weighted by Crippen LogP contribution is 2.19. The van der Waals surface area contributed by atoms with Crippen LogP contribution in [0.5, 0.6) is 0 Å². The Morgan fingerprint density at radius 2 is 1.50 bits per heavy atom. The molecule has 0 rings (SSSR count). The van der Waals surface area contributed by atoms with Crippen LogP contribution in [0.15, 0.2) is 0 Å². The largest absolute Gasteiger partial charge is 0.338 e. The van der Waals surface area contributed by atoms with E-state index < -0.39 is 0 Å². The lowest BCUT2D eigenvalue weighted by molar-refractivity contribution is 0.221. The van der Waals surface area contributed by atoms with Crippen molar-refractivity contribution in [1.29, 1.82) is 0 Å². The molecule has 0 saturated heterocycles. The van der Waals surface area contributed by atoms with E-state index >= 15 is 0 Å². The third kappa shape index (κ3) is 6.70. The molecule has 0 saturated carbocycles. The fourth-order valence-electron chi connectivity index (χ4n) is 1.84. The van der Waals surface area contributed by atoms with Gasteiger partial charge in [-0.25, -0.2) is 4.79 Å². The second kappa shape index (κ2) is 6.12. The maximum absolute atomic E-state index is 11.6. The molecular weight excluding hydrogens is 200 g/mol. The van der Waals surface area contributed by atoms with E-state index in [1.165, 1.54) is 0 Å². The maximum Gasteiger partial charge on any atom is 0.315 e. The molecule has 0 aromatic rings. The van der Waals surface area contributed by atoms with E-state index in [0.29, 0.717) is 17.8 Å². The second-order valence-electron chi connectivity index (χ2n) is 6.24. The van der Waals surface area contributed by atoms with Crippen molar-refractivity contribution in [3.63, 3.8) is 0 Å². The molecule has 96 valence electrons. The molecule has 0 unspecified atom stereocenters. The highest BCUT2D eigenvalue weighted by Gasteiger charge is 2.19. The van der Waals surface area contributed by atoms with E-state index in [2.05, 4.69) is 38.3 Å². The molecular formula is C13H28N2O. The van der Waals surface area contributed by atoms with Gasteiger partial charge in [0, 0.05) is 12.1 Å². The Balaban J connectivity index is 4.07. The standard InChI is InChI=1S/C13H28N2O/c1-9(2)11(10(3)4)8-14-12(16)15-13(5,6)7/h9-11H,8H2,1-7H3,(H2,14,15,16). The van der Waals surface area contributed by atoms with Crippen LogP contribution in [0, 0.1) is 17.8 Å². The first kappa shape index (κ1) is 15.3. The molecule has 0 bridgehead atoms. The summed E-state index contributed by atoms with van der Waals surface area (Å²) in [5.41, 5.74) is -0.171. The van der Waals surface area contributed by atoms with E-state index in [1.807, 2.05) is 20.8 Å². The molecule has 3 nitrogen and oxygen atoms in total. The van der Waals surface area contributed by atoms with E-state index in [1.54, 1.807) is 0 Å². The minimum absolute atomic E-state index is 0.0706. The summed E-state index contributed by atoms with van der Waals surface area (Å²) in [7, 11) is 0. The Hall–Kier alpha value is -0.730. The lowest BCUT2D eigenvalue weighted by atomic mass is 9.85. The zero-order valence-corrected chi connectivity index (χ0v) is 11.8. The predicted octanol–water partition coefficient (Wildman–Crippen LogP) is 3.01. The van der Waals surface area contributed by atoms with Gasteiger partial charge >= 0.3 is 6.03 Å². The summed E-state index contributed by atoms with van der Waals surface area (Å²) in [4.78, 5) is 11.6. The molecule has 0 fully saturated rings. The van der Waals surface area contributed by atoms with Crippen LogP contribution in [0.4, 0.5) is 4.79 Å². The van der Waals surface area contributed by atoms with E-state index in [4.69, 9.17) is 0 Å². The molecule has 0 aliphatic carbocycles. The van der Waals surface area contributed by atoms with E-state index in [-0.39, 0.29) is 11.6 Å². The van der Waals surface area contributed by atoms with Crippen LogP contribution in [0.3, 0.4) is 0 Å². The quantitative estimate of drug-likeness (QED) is 0.763. The van der Waals surface area contributed by atoms with Crippen molar-refractivity contribution in [1.82, 2.24) is 10.6 Å². The number of hydrogen-bond donors (Lipinski definition) is 2. The molecule has 0 heterocycles. The maximum atomic E-state index is 11.6. The Bertz CT molecular complexity index is 208. The smallest absolute Gasteiger partial charge is 0.315 e. The molecule has 0 radical (unpaired) electrons. The highest BCUT2D eigenvalue weighted by molar-refractivity contribution is 5.74. The second-order valence-corrected chi connectivity index (χ2v) is 6.24. The molecule has 2 N–H and O–H groups in total. The number of carbonyl (C=O) groups is 1. The Labute approximate surface area is 100 Å². The molecule has 0 spiro atoms. The van der Waals surface area contributed by atoms with Gasteiger partial charge in [0.1, 0.15) is 0 Å². The van der Waals surface area contributed by atoms with Crippen molar-refractivity contribution in [3.8, 4) is 0 Å². The Kier molecular flexibility index (Phi) is 5.84. The van der Waals surface area contributed by atoms with Crippen LogP contribution in [0.1, 0.15) is 48.5 Å². The van der Waals surface area contributed by atoms with Crippen LogP contribution in [-0.2, 0) is 0 Å². The SMILES string of the molecule is CC(C)C(CNC(=O)NC(C)(C)C)C(C)C. The first-order chi connectivity index (χ1) is 7.13. The zero-order valence-electron chi connectivity index (χ0n) is 11.8. The van der Waals surface area contributed by atoms with Gasteiger partial charge in [-0.2, -0.15) is 0 Å². The summed E-state index contributed by atoms with van der Waals surface area (Å²) in [6, 6.07) is -0.0706. The van der Waals surface area contributed by atoms with E-state index in [0.717, 1.165) is 6.54 Å². The van der Waals surface area contributed by atoms with Gasteiger partial charge in [0.05, 0.1) is 0 Å². The van der Waals surface area contributed by atoms with Crippen molar-refractivity contribution >= 4 is 6.03 Å². The van der Waals surface area contributed by atoms with Gasteiger partial charge in [-0.05, 0) is 38.5 Å². The van der Waals surface area contributed by atoms with Crippen molar-refractivity contribution in [2.75, 3.05) is 6.54 Å². The molecule has 0 aliphatic heterocycles. The molecule has 2 amide bonds. The van der Waals surface area contributed by atoms with Gasteiger partial charge < -0.3 is 10.6 Å². The summed E-state index contributed by atoms with van der Waals surface area (Å²) in [6.45, 7) is 15.5. The van der Waals surface area contributed by atoms with Gasteiger partial charge in [0.15, 0.2) is 0 Å². The number of hydrogen-bond acceptors (Lipinski definition) is 1. The van der Waals surface area contributed by atoms with Crippen LogP contribution >= 0.6 is 0 Å². The monoisotopic (exact) mass is 228 g/mol. The number of rotatable bonds is 4. The van der Waals surface area contributed by atoms with Crippen LogP contribution < -0.4 is 10.6 Å². The summed E-state index contributed by atoms with van der Waals surface area (Å²) in [6.07, 6.45) is 0. The molecule has 0 aromatic heterocycles. The Morgan fingerprint density at radius 3 is 1.81 bits per heavy atom. The average Bonchev–Trinajstić information content (AvgIpc) is 1.98. The molecule has 0 atom stereocenters. The number of nitrogens with one attached hydrogen (secondary N) is 2. The van der Waals surface area contributed by atoms with Crippen molar-refractivity contribution < 1.29 is 4.79 Å². The number of amides is 2. The minimum atomic E-state index is -0.171. The molecule has 3 heteroatoms. The normalized spacial score (nSPS) is 12.4. The lowest BCUT2D eigenvalue weighted by Gasteiger charge is -2.26. The molecule has 16 heavy (non-hydrogen) atoms. The number of urea groups is 1. The van der Waals surface area contributed by atoms with Crippen molar-refractivity contribution in [2.45, 2.75) is 54.0 Å². The fourth-order valence-corrected chi connectivity index (χ4v) is 1.84. The number of carbonyl (C=O) groups excluding carboxylic acids is 1. The zero-order chi connectivity index (χ0) is 12.9. The van der Waals surface area contributed by atoms with E-state index in [9.17, 15) is 4.79 Å². The third-order valence-electron chi connectivity index (χ3n) is 2.70. The summed E-state index contributed by atoms with van der Waals surface area (Å²) >= 11 is 0. The van der Waals surface area contributed by atoms with Crippen LogP contribution in [0.25, 0.3) is 0 Å². The summed E-state index contributed by atoms with van der Waals surface area (Å²) in [5.74, 6) is 1.72. The fraction of sp³-hybridized carbons (Fsp3) is 0.923.